The van der Waals surface area contributed by atoms with Crippen molar-refractivity contribution in [1.29, 1.82) is 0 Å². The van der Waals surface area contributed by atoms with Crippen LogP contribution < -0.4 is 0 Å². The summed E-state index contributed by atoms with van der Waals surface area (Å²) in [5.74, 6) is -1.74. The minimum absolute atomic E-state index is 0.0130. The first-order valence-electron chi connectivity index (χ1n) is 12.1. The number of ether oxygens (including phenoxy) is 1. The lowest BCUT2D eigenvalue weighted by molar-refractivity contribution is -0.195. The van der Waals surface area contributed by atoms with Gasteiger partial charge < -0.3 is 19.4 Å². The maximum atomic E-state index is 12.8. The minimum Gasteiger partial charge on any atom is -0.478 e. The van der Waals surface area contributed by atoms with Crippen LogP contribution in [-0.4, -0.2) is 44.1 Å². The van der Waals surface area contributed by atoms with Gasteiger partial charge in [-0.25, -0.2) is 9.59 Å². The Hall–Kier alpha value is -2.87. The zero-order valence-corrected chi connectivity index (χ0v) is 19.4. The highest BCUT2D eigenvalue weighted by atomic mass is 16.6. The van der Waals surface area contributed by atoms with Crippen LogP contribution in [0.15, 0.2) is 34.6 Å². The van der Waals surface area contributed by atoms with Crippen LogP contribution in [-0.2, 0) is 16.0 Å². The number of esters is 1. The van der Waals surface area contributed by atoms with E-state index in [0.717, 1.165) is 30.5 Å². The molecule has 3 saturated carbocycles. The van der Waals surface area contributed by atoms with Crippen molar-refractivity contribution in [3.05, 3.63) is 47.2 Å². The SMILES string of the molecule is CC12Cc3cn[nH]c3C=C1CCC1C2C(O)CC2(C)C1CCC2(OC(=O)c1ccco1)C(=O)O. The van der Waals surface area contributed by atoms with Gasteiger partial charge in [0.2, 0.25) is 11.4 Å². The molecule has 4 aliphatic rings. The Morgan fingerprint density at radius 2 is 2.12 bits per heavy atom. The average molecular weight is 467 g/mol. The number of aromatic nitrogens is 2. The van der Waals surface area contributed by atoms with E-state index >= 15 is 0 Å². The van der Waals surface area contributed by atoms with Gasteiger partial charge in [0.15, 0.2) is 0 Å². The molecule has 8 heteroatoms. The summed E-state index contributed by atoms with van der Waals surface area (Å²) in [6.07, 6.45) is 8.48. The summed E-state index contributed by atoms with van der Waals surface area (Å²) >= 11 is 0. The van der Waals surface area contributed by atoms with Crippen molar-refractivity contribution < 1.29 is 29.0 Å². The Morgan fingerprint density at radius 1 is 1.29 bits per heavy atom. The third-order valence-corrected chi connectivity index (χ3v) is 9.75. The van der Waals surface area contributed by atoms with Crippen LogP contribution in [0.5, 0.6) is 0 Å². The predicted molar refractivity (Wildman–Crippen MR) is 121 cm³/mol. The molecule has 0 spiro atoms. The van der Waals surface area contributed by atoms with E-state index in [1.807, 2.05) is 13.1 Å². The number of carbonyl (C=O) groups excluding carboxylic acids is 1. The lowest BCUT2D eigenvalue weighted by atomic mass is 9.45. The van der Waals surface area contributed by atoms with E-state index in [2.05, 4.69) is 23.2 Å². The molecule has 2 aromatic rings. The summed E-state index contributed by atoms with van der Waals surface area (Å²) < 4.78 is 11.0. The number of aliphatic hydroxyl groups excluding tert-OH is 1. The highest BCUT2D eigenvalue weighted by Gasteiger charge is 2.71. The molecule has 0 radical (unpaired) electrons. The largest absolute Gasteiger partial charge is 0.478 e. The van der Waals surface area contributed by atoms with Gasteiger partial charge >= 0.3 is 11.9 Å². The number of H-pyrrole nitrogens is 1. The standard InChI is InChI=1S/C26H30N2O6/c1-24-11-14-13-27-28-18(14)10-15(24)5-6-16-17-7-8-26(23(31)32,25(17,2)12-19(29)21(16)24)34-22(30)20-4-3-9-33-20/h3-4,9-10,13,16-17,19,21,29H,5-8,11-12H2,1-2H3,(H,27,28)(H,31,32). The Labute approximate surface area is 197 Å². The number of rotatable bonds is 3. The van der Waals surface area contributed by atoms with E-state index < -0.39 is 29.1 Å². The second kappa shape index (κ2) is 7.07. The van der Waals surface area contributed by atoms with Gasteiger partial charge in [-0.05, 0) is 85.5 Å². The third kappa shape index (κ3) is 2.66. The van der Waals surface area contributed by atoms with Gasteiger partial charge in [-0.3, -0.25) is 5.10 Å². The molecule has 2 heterocycles. The zero-order valence-electron chi connectivity index (χ0n) is 19.4. The van der Waals surface area contributed by atoms with Crippen molar-refractivity contribution in [2.45, 2.75) is 64.1 Å². The van der Waals surface area contributed by atoms with Gasteiger partial charge in [-0.1, -0.05) is 19.4 Å². The van der Waals surface area contributed by atoms with Crippen LogP contribution in [0.25, 0.3) is 6.08 Å². The zero-order chi connectivity index (χ0) is 23.9. The van der Waals surface area contributed by atoms with E-state index in [1.54, 1.807) is 6.07 Å². The molecule has 180 valence electrons. The molecule has 3 N–H and O–H groups in total. The number of carbonyl (C=O) groups is 2. The smallest absolute Gasteiger partial charge is 0.375 e. The summed E-state index contributed by atoms with van der Waals surface area (Å²) in [5, 5.41) is 29.4. The van der Waals surface area contributed by atoms with E-state index in [-0.39, 0.29) is 41.8 Å². The maximum Gasteiger partial charge on any atom is 0.375 e. The number of fused-ring (bicyclic) bond motifs is 6. The quantitative estimate of drug-likeness (QED) is 0.587. The van der Waals surface area contributed by atoms with Crippen molar-refractivity contribution in [2.75, 3.05) is 0 Å². The lowest BCUT2D eigenvalue weighted by Crippen LogP contribution is -2.63. The Bertz CT molecular complexity index is 1180. The predicted octanol–water partition coefficient (Wildman–Crippen LogP) is 3.84. The molecular weight excluding hydrogens is 436 g/mol. The summed E-state index contributed by atoms with van der Waals surface area (Å²) in [7, 11) is 0. The highest BCUT2D eigenvalue weighted by Crippen LogP contribution is 2.68. The second-order valence-corrected chi connectivity index (χ2v) is 11.1. The molecule has 0 amide bonds. The number of furan rings is 1. The number of aromatic amines is 1. The molecule has 0 saturated heterocycles. The molecule has 0 aromatic carbocycles. The highest BCUT2D eigenvalue weighted by molar-refractivity contribution is 5.90. The fourth-order valence-electron chi connectivity index (χ4n) is 8.25. The number of hydrogen-bond donors (Lipinski definition) is 3. The van der Waals surface area contributed by atoms with Crippen molar-refractivity contribution in [3.8, 4) is 0 Å². The van der Waals surface area contributed by atoms with Gasteiger partial charge in [0.25, 0.3) is 0 Å². The van der Waals surface area contributed by atoms with Crippen molar-refractivity contribution in [3.63, 3.8) is 0 Å². The molecule has 4 aliphatic carbocycles. The number of allylic oxidation sites excluding steroid dienone is 1. The number of carboxylic acid groups (broad SMARTS) is 1. The topological polar surface area (TPSA) is 126 Å². The third-order valence-electron chi connectivity index (χ3n) is 9.75. The molecule has 3 fully saturated rings. The number of nitrogens with zero attached hydrogens (tertiary/aromatic N) is 1. The van der Waals surface area contributed by atoms with Gasteiger partial charge in [0.1, 0.15) is 0 Å². The van der Waals surface area contributed by atoms with Crippen LogP contribution >= 0.6 is 0 Å². The summed E-state index contributed by atoms with van der Waals surface area (Å²) in [4.78, 5) is 25.6. The number of carboxylic acids is 1. The monoisotopic (exact) mass is 466 g/mol. The minimum atomic E-state index is -1.70. The van der Waals surface area contributed by atoms with E-state index in [4.69, 9.17) is 9.15 Å². The molecule has 8 nitrogen and oxygen atoms in total. The molecule has 7 unspecified atom stereocenters. The van der Waals surface area contributed by atoms with Gasteiger partial charge in [-0.2, -0.15) is 5.10 Å². The number of hydrogen-bond acceptors (Lipinski definition) is 6. The van der Waals surface area contributed by atoms with Crippen molar-refractivity contribution >= 4 is 18.0 Å². The summed E-state index contributed by atoms with van der Waals surface area (Å²) in [6.45, 7) is 4.14. The fourth-order valence-corrected chi connectivity index (χ4v) is 8.25. The Kier molecular flexibility index (Phi) is 4.50. The number of aliphatic carboxylic acids is 1. The molecule has 2 aromatic heterocycles. The normalized spacial score (nSPS) is 40.4. The molecule has 0 bridgehead atoms. The molecule has 34 heavy (non-hydrogen) atoms. The van der Waals surface area contributed by atoms with Crippen LogP contribution in [0.2, 0.25) is 0 Å². The summed E-state index contributed by atoms with van der Waals surface area (Å²) in [5.41, 5.74) is 0.756. The second-order valence-electron chi connectivity index (χ2n) is 11.1. The van der Waals surface area contributed by atoms with E-state index in [9.17, 15) is 19.8 Å². The first-order chi connectivity index (χ1) is 16.2. The van der Waals surface area contributed by atoms with Crippen LogP contribution in [0.1, 0.15) is 67.8 Å². The van der Waals surface area contributed by atoms with Gasteiger partial charge in [0, 0.05) is 5.41 Å². The molecule has 7 atom stereocenters. The first-order valence-corrected chi connectivity index (χ1v) is 12.1. The van der Waals surface area contributed by atoms with Crippen molar-refractivity contribution in [2.24, 2.45) is 28.6 Å². The van der Waals surface area contributed by atoms with Crippen LogP contribution in [0.3, 0.4) is 0 Å². The maximum absolute atomic E-state index is 12.8. The Morgan fingerprint density at radius 3 is 2.85 bits per heavy atom. The fraction of sp³-hybridized carbons (Fsp3) is 0.577. The lowest BCUT2D eigenvalue weighted by Gasteiger charge is -2.60. The van der Waals surface area contributed by atoms with E-state index in [1.165, 1.54) is 17.9 Å². The number of aliphatic hydroxyl groups is 1. The molecule has 0 aliphatic heterocycles. The average Bonchev–Trinajstić information content (AvgIpc) is 3.51. The van der Waals surface area contributed by atoms with Gasteiger partial charge in [0.05, 0.1) is 24.3 Å². The van der Waals surface area contributed by atoms with Crippen LogP contribution in [0.4, 0.5) is 0 Å². The molecule has 6 rings (SSSR count). The van der Waals surface area contributed by atoms with E-state index in [0.29, 0.717) is 6.42 Å². The van der Waals surface area contributed by atoms with Gasteiger partial charge in [-0.15, -0.1) is 0 Å². The summed E-state index contributed by atoms with van der Waals surface area (Å²) in [6, 6.07) is 3.04. The number of nitrogens with one attached hydrogen (secondary N) is 1. The van der Waals surface area contributed by atoms with Crippen molar-refractivity contribution in [1.82, 2.24) is 10.2 Å². The first kappa shape index (κ1) is 21.6. The van der Waals surface area contributed by atoms with Crippen LogP contribution in [0, 0.1) is 28.6 Å². The Balaban J connectivity index is 1.37. The molecular formula is C26H30N2O6.